The third-order valence-corrected chi connectivity index (χ3v) is 3.41. The molecule has 0 aliphatic heterocycles. The van der Waals surface area contributed by atoms with Gasteiger partial charge >= 0.3 is 5.97 Å². The first-order valence-electron chi connectivity index (χ1n) is 7.54. The molecule has 2 aromatic heterocycles. The summed E-state index contributed by atoms with van der Waals surface area (Å²) >= 11 is 0. The number of ether oxygens (including phenoxy) is 2. The average Bonchev–Trinajstić information content (AvgIpc) is 3.11. The first-order chi connectivity index (χ1) is 11.6. The van der Waals surface area contributed by atoms with E-state index in [1.54, 1.807) is 43.3 Å². The molecule has 124 valence electrons. The van der Waals surface area contributed by atoms with Gasteiger partial charge in [-0.2, -0.15) is 0 Å². The van der Waals surface area contributed by atoms with Gasteiger partial charge in [0.1, 0.15) is 5.58 Å². The molecular formula is C18H16O6. The molecule has 0 radical (unpaired) electrons. The third-order valence-electron chi connectivity index (χ3n) is 3.41. The van der Waals surface area contributed by atoms with Crippen molar-refractivity contribution in [1.29, 1.82) is 0 Å². The van der Waals surface area contributed by atoms with Crippen molar-refractivity contribution in [3.05, 3.63) is 52.9 Å². The van der Waals surface area contributed by atoms with E-state index >= 15 is 0 Å². The van der Waals surface area contributed by atoms with Crippen molar-refractivity contribution in [3.63, 3.8) is 0 Å². The van der Waals surface area contributed by atoms with Gasteiger partial charge in [-0.05, 0) is 38.1 Å². The van der Waals surface area contributed by atoms with E-state index in [0.29, 0.717) is 16.7 Å². The number of para-hydroxylation sites is 1. The van der Waals surface area contributed by atoms with Gasteiger partial charge in [0.15, 0.2) is 11.9 Å². The highest BCUT2D eigenvalue weighted by atomic mass is 16.6. The van der Waals surface area contributed by atoms with Gasteiger partial charge in [0.2, 0.25) is 16.9 Å². The Bertz CT molecular complexity index is 907. The summed E-state index contributed by atoms with van der Waals surface area (Å²) in [5.41, 5.74) is 0.0319. The molecule has 0 fully saturated rings. The lowest BCUT2D eigenvalue weighted by Gasteiger charge is -2.15. The normalized spacial score (nSPS) is 12.1. The van der Waals surface area contributed by atoms with Crippen LogP contribution in [0.2, 0.25) is 0 Å². The SMILES string of the molecule is CCOC(=O)[C@H](C)Oc1c(-c2ccco2)oc2ccccc2c1=O. The van der Waals surface area contributed by atoms with Crippen molar-refractivity contribution >= 4 is 16.9 Å². The quantitative estimate of drug-likeness (QED) is 0.668. The zero-order valence-corrected chi connectivity index (χ0v) is 13.3. The van der Waals surface area contributed by atoms with Gasteiger partial charge in [0, 0.05) is 0 Å². The number of carbonyl (C=O) groups excluding carboxylic acids is 1. The first kappa shape index (κ1) is 15.9. The summed E-state index contributed by atoms with van der Waals surface area (Å²) in [5, 5.41) is 0.360. The van der Waals surface area contributed by atoms with Crippen LogP contribution in [0.25, 0.3) is 22.5 Å². The lowest BCUT2D eigenvalue weighted by Crippen LogP contribution is -2.28. The van der Waals surface area contributed by atoms with Crippen LogP contribution in [0, 0.1) is 0 Å². The van der Waals surface area contributed by atoms with Gasteiger partial charge in [-0.15, -0.1) is 0 Å². The molecular weight excluding hydrogens is 312 g/mol. The van der Waals surface area contributed by atoms with E-state index in [1.165, 1.54) is 13.2 Å². The molecule has 2 heterocycles. The summed E-state index contributed by atoms with van der Waals surface area (Å²) in [6.07, 6.45) is 0.506. The molecule has 0 N–H and O–H groups in total. The van der Waals surface area contributed by atoms with Crippen LogP contribution in [-0.2, 0) is 9.53 Å². The molecule has 0 bridgehead atoms. The van der Waals surface area contributed by atoms with Crippen molar-refractivity contribution in [3.8, 4) is 17.3 Å². The van der Waals surface area contributed by atoms with Crippen LogP contribution >= 0.6 is 0 Å². The molecule has 0 aliphatic rings. The molecule has 0 saturated heterocycles. The standard InChI is InChI=1S/C18H16O6/c1-3-21-18(20)11(2)23-17-15(19)12-7-4-5-8-13(12)24-16(17)14-9-6-10-22-14/h4-11H,3H2,1-2H3/t11-/m0/s1. The molecule has 3 aromatic rings. The maximum Gasteiger partial charge on any atom is 0.347 e. The second-order valence-electron chi connectivity index (χ2n) is 5.08. The van der Waals surface area contributed by atoms with Crippen molar-refractivity contribution < 1.29 is 23.1 Å². The zero-order chi connectivity index (χ0) is 17.1. The Hall–Kier alpha value is -3.02. The summed E-state index contributed by atoms with van der Waals surface area (Å²) in [5.74, 6) is -0.164. The summed E-state index contributed by atoms with van der Waals surface area (Å²) in [6, 6.07) is 10.1. The number of furan rings is 1. The van der Waals surface area contributed by atoms with Crippen molar-refractivity contribution in [1.82, 2.24) is 0 Å². The van der Waals surface area contributed by atoms with E-state index in [9.17, 15) is 9.59 Å². The monoisotopic (exact) mass is 328 g/mol. The van der Waals surface area contributed by atoms with Crippen LogP contribution < -0.4 is 10.2 Å². The van der Waals surface area contributed by atoms with Crippen LogP contribution in [0.3, 0.4) is 0 Å². The lowest BCUT2D eigenvalue weighted by atomic mass is 10.2. The van der Waals surface area contributed by atoms with Crippen molar-refractivity contribution in [2.45, 2.75) is 20.0 Å². The van der Waals surface area contributed by atoms with Crippen LogP contribution in [0.1, 0.15) is 13.8 Å². The number of benzene rings is 1. The molecule has 24 heavy (non-hydrogen) atoms. The maximum absolute atomic E-state index is 12.8. The molecule has 0 spiro atoms. The smallest absolute Gasteiger partial charge is 0.347 e. The van der Waals surface area contributed by atoms with Gasteiger partial charge < -0.3 is 18.3 Å². The number of hydrogen-bond acceptors (Lipinski definition) is 6. The number of hydrogen-bond donors (Lipinski definition) is 0. The molecule has 1 aromatic carbocycles. The van der Waals surface area contributed by atoms with E-state index in [1.807, 2.05) is 0 Å². The number of carbonyl (C=O) groups is 1. The van der Waals surface area contributed by atoms with Gasteiger partial charge in [-0.25, -0.2) is 4.79 Å². The van der Waals surface area contributed by atoms with Gasteiger partial charge in [-0.3, -0.25) is 4.79 Å². The Morgan fingerprint density at radius 1 is 1.21 bits per heavy atom. The second-order valence-corrected chi connectivity index (χ2v) is 5.08. The molecule has 0 saturated carbocycles. The first-order valence-corrected chi connectivity index (χ1v) is 7.54. The summed E-state index contributed by atoms with van der Waals surface area (Å²) in [6.45, 7) is 3.44. The topological polar surface area (TPSA) is 78.9 Å². The minimum absolute atomic E-state index is 0.0794. The van der Waals surface area contributed by atoms with Crippen LogP contribution in [0.15, 0.2) is 56.3 Å². The fraction of sp³-hybridized carbons (Fsp3) is 0.222. The Morgan fingerprint density at radius 2 is 2.00 bits per heavy atom. The minimum Gasteiger partial charge on any atom is -0.471 e. The highest BCUT2D eigenvalue weighted by Crippen LogP contribution is 2.31. The lowest BCUT2D eigenvalue weighted by molar-refractivity contribution is -0.150. The molecule has 0 amide bonds. The van der Waals surface area contributed by atoms with Gasteiger partial charge in [0.05, 0.1) is 18.3 Å². The molecule has 0 unspecified atom stereocenters. The number of rotatable bonds is 5. The number of fused-ring (bicyclic) bond motifs is 1. The van der Waals surface area contributed by atoms with E-state index in [0.717, 1.165) is 0 Å². The highest BCUT2D eigenvalue weighted by Gasteiger charge is 2.24. The minimum atomic E-state index is -0.956. The Balaban J connectivity index is 2.14. The average molecular weight is 328 g/mol. The Labute approximate surface area is 137 Å². The van der Waals surface area contributed by atoms with E-state index < -0.39 is 12.1 Å². The van der Waals surface area contributed by atoms with Crippen LogP contribution in [0.4, 0.5) is 0 Å². The Morgan fingerprint density at radius 3 is 2.71 bits per heavy atom. The largest absolute Gasteiger partial charge is 0.471 e. The predicted molar refractivity (Wildman–Crippen MR) is 86.9 cm³/mol. The molecule has 3 rings (SSSR count). The van der Waals surface area contributed by atoms with E-state index in [2.05, 4.69) is 0 Å². The molecule has 6 heteroatoms. The fourth-order valence-corrected chi connectivity index (χ4v) is 2.29. The predicted octanol–water partition coefficient (Wildman–Crippen LogP) is 3.38. The zero-order valence-electron chi connectivity index (χ0n) is 13.3. The van der Waals surface area contributed by atoms with Crippen molar-refractivity contribution in [2.75, 3.05) is 6.61 Å². The van der Waals surface area contributed by atoms with Crippen molar-refractivity contribution in [2.24, 2.45) is 0 Å². The van der Waals surface area contributed by atoms with Crippen LogP contribution in [-0.4, -0.2) is 18.7 Å². The molecule has 0 aliphatic carbocycles. The summed E-state index contributed by atoms with van der Waals surface area (Å²) < 4.78 is 21.6. The van der Waals surface area contributed by atoms with E-state index in [4.69, 9.17) is 18.3 Å². The fourth-order valence-electron chi connectivity index (χ4n) is 2.29. The maximum atomic E-state index is 12.8. The second kappa shape index (κ2) is 6.62. The third kappa shape index (κ3) is 2.90. The highest BCUT2D eigenvalue weighted by molar-refractivity contribution is 5.81. The van der Waals surface area contributed by atoms with Gasteiger partial charge in [0.25, 0.3) is 0 Å². The van der Waals surface area contributed by atoms with E-state index in [-0.39, 0.29) is 23.5 Å². The summed E-state index contributed by atoms with van der Waals surface area (Å²) in [4.78, 5) is 24.6. The number of esters is 1. The van der Waals surface area contributed by atoms with Gasteiger partial charge in [-0.1, -0.05) is 12.1 Å². The molecule has 1 atom stereocenters. The molecule has 6 nitrogen and oxygen atoms in total. The van der Waals surface area contributed by atoms with Crippen LogP contribution in [0.5, 0.6) is 5.75 Å². The Kier molecular flexibility index (Phi) is 4.37. The summed E-state index contributed by atoms with van der Waals surface area (Å²) in [7, 11) is 0.